The second-order valence-electron chi connectivity index (χ2n) is 9.82. The summed E-state index contributed by atoms with van der Waals surface area (Å²) in [6.07, 6.45) is 0. The van der Waals surface area contributed by atoms with Crippen molar-refractivity contribution in [2.45, 2.75) is 5.41 Å². The highest BCUT2D eigenvalue weighted by molar-refractivity contribution is 6.30. The van der Waals surface area contributed by atoms with Gasteiger partial charge < -0.3 is 0 Å². The highest BCUT2D eigenvalue weighted by Gasteiger charge is 2.49. The van der Waals surface area contributed by atoms with Gasteiger partial charge >= 0.3 is 0 Å². The molecule has 1 spiro atoms. The largest absolute Gasteiger partial charge is 0.0843 e. The molecule has 1 heteroatoms. The number of benzene rings is 6. The number of hydrogen-bond acceptors (Lipinski definition) is 0. The van der Waals surface area contributed by atoms with E-state index in [0.29, 0.717) is 0 Å². The molecule has 2 aliphatic rings. The van der Waals surface area contributed by atoms with Crippen LogP contribution in [0.3, 0.4) is 0 Å². The molecule has 6 aromatic carbocycles. The van der Waals surface area contributed by atoms with Crippen molar-refractivity contribution >= 4 is 22.4 Å². The summed E-state index contributed by atoms with van der Waals surface area (Å²) < 4.78 is 0. The molecule has 0 saturated carbocycles. The molecule has 0 bridgehead atoms. The second kappa shape index (κ2) is 7.20. The first kappa shape index (κ1) is 20.1. The summed E-state index contributed by atoms with van der Waals surface area (Å²) in [6.45, 7) is 0. The molecule has 0 N–H and O–H groups in total. The Balaban J connectivity index is 1.58. The summed E-state index contributed by atoms with van der Waals surface area (Å²) in [5.74, 6) is 0. The molecule has 0 amide bonds. The van der Waals surface area contributed by atoms with Crippen molar-refractivity contribution < 1.29 is 0 Å². The third kappa shape index (κ3) is 2.45. The van der Waals surface area contributed by atoms with Crippen LogP contribution in [0.4, 0.5) is 0 Å². The summed E-state index contributed by atoms with van der Waals surface area (Å²) in [6, 6.07) is 46.7. The van der Waals surface area contributed by atoms with Crippen LogP contribution in [0.5, 0.6) is 0 Å². The van der Waals surface area contributed by atoms with E-state index in [4.69, 9.17) is 11.6 Å². The Kier molecular flexibility index (Phi) is 4.02. The van der Waals surface area contributed by atoms with Gasteiger partial charge in [0.15, 0.2) is 0 Å². The average molecular weight is 477 g/mol. The quantitative estimate of drug-likeness (QED) is 0.221. The zero-order chi connectivity index (χ0) is 23.9. The maximum Gasteiger partial charge on any atom is 0.0725 e. The van der Waals surface area contributed by atoms with Gasteiger partial charge in [-0.05, 0) is 84.6 Å². The van der Waals surface area contributed by atoms with E-state index in [0.717, 1.165) is 5.02 Å². The Morgan fingerprint density at radius 2 is 0.972 bits per heavy atom. The Hall–Kier alpha value is -4.13. The van der Waals surface area contributed by atoms with Crippen LogP contribution in [0.15, 0.2) is 127 Å². The lowest BCUT2D eigenvalue weighted by Gasteiger charge is -2.40. The molecule has 0 atom stereocenters. The maximum absolute atomic E-state index is 6.23. The molecule has 8 rings (SSSR count). The van der Waals surface area contributed by atoms with Crippen LogP contribution < -0.4 is 0 Å². The lowest BCUT2D eigenvalue weighted by Crippen LogP contribution is -2.31. The van der Waals surface area contributed by atoms with Crippen molar-refractivity contribution in [3.8, 4) is 33.4 Å². The summed E-state index contributed by atoms with van der Waals surface area (Å²) in [4.78, 5) is 0. The SMILES string of the molecule is Clc1ccc(-c2ccc3c(c2)C2(c4ccccc4-c4ccccc42)c2cccc4cccc-3c24)cc1. The molecule has 0 radical (unpaired) electrons. The van der Waals surface area contributed by atoms with Crippen molar-refractivity contribution in [1.82, 2.24) is 0 Å². The van der Waals surface area contributed by atoms with Crippen LogP contribution in [-0.4, -0.2) is 0 Å². The Morgan fingerprint density at radius 1 is 0.417 bits per heavy atom. The molecule has 36 heavy (non-hydrogen) atoms. The average Bonchev–Trinajstić information content (AvgIpc) is 3.23. The molecule has 0 nitrogen and oxygen atoms in total. The number of halogens is 1. The predicted octanol–water partition coefficient (Wildman–Crippen LogP) is 9.50. The van der Waals surface area contributed by atoms with E-state index in [-0.39, 0.29) is 5.41 Å². The standard InChI is InChI=1S/C35H21Cl/c36-25-18-15-22(16-19-25)24-17-20-28-29-11-5-7-23-8-6-14-32(34(23)29)35(33(28)21-24)30-12-3-1-9-26(30)27-10-2-4-13-31(27)35/h1-21H. The van der Waals surface area contributed by atoms with Gasteiger partial charge in [0.25, 0.3) is 0 Å². The van der Waals surface area contributed by atoms with Crippen LogP contribution >= 0.6 is 11.6 Å². The monoisotopic (exact) mass is 476 g/mol. The van der Waals surface area contributed by atoms with Crippen LogP contribution in [0.2, 0.25) is 5.02 Å². The van der Waals surface area contributed by atoms with E-state index >= 15 is 0 Å². The number of hydrogen-bond donors (Lipinski definition) is 0. The first-order valence-corrected chi connectivity index (χ1v) is 12.8. The fraction of sp³-hybridized carbons (Fsp3) is 0.0286. The topological polar surface area (TPSA) is 0 Å². The molecule has 2 aliphatic carbocycles. The van der Waals surface area contributed by atoms with Gasteiger partial charge in [-0.25, -0.2) is 0 Å². The van der Waals surface area contributed by atoms with Crippen LogP contribution in [0, 0.1) is 0 Å². The minimum atomic E-state index is -0.376. The molecular weight excluding hydrogens is 456 g/mol. The lowest BCUT2D eigenvalue weighted by atomic mass is 9.61. The Bertz CT molecular complexity index is 1790. The molecular formula is C35H21Cl. The van der Waals surface area contributed by atoms with Gasteiger partial charge in [0.1, 0.15) is 0 Å². The van der Waals surface area contributed by atoms with Gasteiger partial charge in [-0.2, -0.15) is 0 Å². The van der Waals surface area contributed by atoms with Crippen LogP contribution in [0.1, 0.15) is 22.3 Å². The molecule has 0 heterocycles. The van der Waals surface area contributed by atoms with Crippen molar-refractivity contribution in [1.29, 1.82) is 0 Å². The summed E-state index contributed by atoms with van der Waals surface area (Å²) in [5, 5.41) is 3.41. The van der Waals surface area contributed by atoms with Gasteiger partial charge in [0.05, 0.1) is 5.41 Å². The summed E-state index contributed by atoms with van der Waals surface area (Å²) in [5.41, 5.74) is 12.7. The van der Waals surface area contributed by atoms with Crippen LogP contribution in [-0.2, 0) is 5.41 Å². The highest BCUT2D eigenvalue weighted by Crippen LogP contribution is 2.61. The Labute approximate surface area is 215 Å². The van der Waals surface area contributed by atoms with E-state index < -0.39 is 0 Å². The van der Waals surface area contributed by atoms with E-state index in [1.807, 2.05) is 12.1 Å². The minimum absolute atomic E-state index is 0.376. The third-order valence-corrected chi connectivity index (χ3v) is 8.40. The molecule has 0 aliphatic heterocycles. The molecule has 168 valence electrons. The molecule has 6 aromatic rings. The normalized spacial score (nSPS) is 13.9. The number of rotatable bonds is 1. The molecule has 0 unspecified atom stereocenters. The highest BCUT2D eigenvalue weighted by atomic mass is 35.5. The fourth-order valence-electron chi connectivity index (χ4n) is 6.75. The smallest absolute Gasteiger partial charge is 0.0725 e. The fourth-order valence-corrected chi connectivity index (χ4v) is 6.88. The first-order chi connectivity index (χ1) is 17.8. The zero-order valence-corrected chi connectivity index (χ0v) is 20.3. The van der Waals surface area contributed by atoms with Gasteiger partial charge in [-0.3, -0.25) is 0 Å². The second-order valence-corrected chi connectivity index (χ2v) is 10.3. The van der Waals surface area contributed by atoms with E-state index in [2.05, 4.69) is 115 Å². The van der Waals surface area contributed by atoms with Crippen LogP contribution in [0.25, 0.3) is 44.2 Å². The van der Waals surface area contributed by atoms with Crippen molar-refractivity contribution in [3.05, 3.63) is 155 Å². The zero-order valence-electron chi connectivity index (χ0n) is 19.5. The van der Waals surface area contributed by atoms with Gasteiger partial charge in [-0.1, -0.05) is 121 Å². The minimum Gasteiger partial charge on any atom is -0.0843 e. The van der Waals surface area contributed by atoms with Gasteiger partial charge in [-0.15, -0.1) is 0 Å². The van der Waals surface area contributed by atoms with Crippen molar-refractivity contribution in [3.63, 3.8) is 0 Å². The molecule has 0 saturated heterocycles. The van der Waals surface area contributed by atoms with Crippen molar-refractivity contribution in [2.24, 2.45) is 0 Å². The maximum atomic E-state index is 6.23. The lowest BCUT2D eigenvalue weighted by molar-refractivity contribution is 0.774. The Morgan fingerprint density at radius 3 is 1.69 bits per heavy atom. The van der Waals surface area contributed by atoms with Gasteiger partial charge in [0.2, 0.25) is 0 Å². The molecule has 0 fully saturated rings. The number of fused-ring (bicyclic) bond motifs is 9. The summed E-state index contributed by atoms with van der Waals surface area (Å²) in [7, 11) is 0. The molecule has 0 aromatic heterocycles. The van der Waals surface area contributed by atoms with Crippen molar-refractivity contribution in [2.75, 3.05) is 0 Å². The first-order valence-electron chi connectivity index (χ1n) is 12.4. The van der Waals surface area contributed by atoms with E-state index in [1.54, 1.807) is 0 Å². The van der Waals surface area contributed by atoms with E-state index in [9.17, 15) is 0 Å². The van der Waals surface area contributed by atoms with Gasteiger partial charge in [0, 0.05) is 5.02 Å². The third-order valence-electron chi connectivity index (χ3n) is 8.15. The predicted molar refractivity (Wildman–Crippen MR) is 151 cm³/mol. The summed E-state index contributed by atoms with van der Waals surface area (Å²) >= 11 is 6.23. The van der Waals surface area contributed by atoms with E-state index in [1.165, 1.54) is 66.4 Å².